The van der Waals surface area contributed by atoms with E-state index in [1.165, 1.54) is 28.6 Å². The van der Waals surface area contributed by atoms with E-state index in [2.05, 4.69) is 5.32 Å². The summed E-state index contributed by atoms with van der Waals surface area (Å²) in [5.74, 6) is -0.227. The molecule has 0 saturated carbocycles. The van der Waals surface area contributed by atoms with Gasteiger partial charge in [-0.1, -0.05) is 18.2 Å². The lowest BCUT2D eigenvalue weighted by Gasteiger charge is -2.23. The second kappa shape index (κ2) is 9.95. The molecular formula is C23H21F3N2O4S. The van der Waals surface area contributed by atoms with Gasteiger partial charge >= 0.3 is 6.18 Å². The van der Waals surface area contributed by atoms with Gasteiger partial charge in [0.05, 0.1) is 16.1 Å². The number of nitrogens with zero attached hydrogens (tertiary/aromatic N) is 1. The Kier molecular flexibility index (Phi) is 7.27. The predicted molar refractivity (Wildman–Crippen MR) is 119 cm³/mol. The standard InChI is InChI=1S/C23H21F3N2O4S/c1-2-28(33(30,31)21-6-4-3-5-7-21)19-12-14-20(15-13-19)32-16-22(29)27-18-10-8-17(9-11-18)23(24,25)26/h3-15H,2,16H2,1H3,(H,27,29). The van der Waals surface area contributed by atoms with Crippen LogP contribution in [0, 0.1) is 0 Å². The smallest absolute Gasteiger partial charge is 0.416 e. The minimum Gasteiger partial charge on any atom is -0.484 e. The van der Waals surface area contributed by atoms with Crippen LogP contribution in [0.25, 0.3) is 0 Å². The van der Waals surface area contributed by atoms with Crippen molar-refractivity contribution in [2.45, 2.75) is 18.0 Å². The summed E-state index contributed by atoms with van der Waals surface area (Å²) < 4.78 is 70.2. The van der Waals surface area contributed by atoms with Crippen molar-refractivity contribution in [3.8, 4) is 5.75 Å². The van der Waals surface area contributed by atoms with Crippen molar-refractivity contribution in [2.24, 2.45) is 0 Å². The first-order valence-corrected chi connectivity index (χ1v) is 11.3. The van der Waals surface area contributed by atoms with Crippen LogP contribution in [0.15, 0.2) is 83.8 Å². The van der Waals surface area contributed by atoms with E-state index in [-0.39, 0.29) is 23.7 Å². The molecule has 3 aromatic carbocycles. The van der Waals surface area contributed by atoms with E-state index in [0.29, 0.717) is 11.4 Å². The average Bonchev–Trinajstić information content (AvgIpc) is 2.79. The number of nitrogens with one attached hydrogen (secondary N) is 1. The van der Waals surface area contributed by atoms with Gasteiger partial charge in [-0.3, -0.25) is 9.10 Å². The van der Waals surface area contributed by atoms with Crippen LogP contribution in [-0.4, -0.2) is 27.5 Å². The number of rotatable bonds is 8. The van der Waals surface area contributed by atoms with Gasteiger partial charge in [0.2, 0.25) is 0 Å². The lowest BCUT2D eigenvalue weighted by molar-refractivity contribution is -0.137. The van der Waals surface area contributed by atoms with E-state index in [1.807, 2.05) is 0 Å². The van der Waals surface area contributed by atoms with Crippen LogP contribution in [0.1, 0.15) is 12.5 Å². The van der Waals surface area contributed by atoms with Crippen LogP contribution in [0.3, 0.4) is 0 Å². The van der Waals surface area contributed by atoms with Gasteiger partial charge in [0, 0.05) is 12.2 Å². The molecule has 0 aliphatic rings. The molecule has 0 atom stereocenters. The van der Waals surface area contributed by atoms with Crippen LogP contribution >= 0.6 is 0 Å². The third-order valence-corrected chi connectivity index (χ3v) is 6.53. The summed E-state index contributed by atoms with van der Waals surface area (Å²) in [6.45, 7) is 1.56. The molecule has 0 radical (unpaired) electrons. The Morgan fingerprint density at radius 2 is 1.55 bits per heavy atom. The van der Waals surface area contributed by atoms with E-state index in [9.17, 15) is 26.4 Å². The summed E-state index contributed by atoms with van der Waals surface area (Å²) in [6, 6.07) is 18.3. The monoisotopic (exact) mass is 478 g/mol. The Morgan fingerprint density at radius 3 is 2.09 bits per heavy atom. The Balaban J connectivity index is 1.60. The molecule has 0 aliphatic carbocycles. The summed E-state index contributed by atoms with van der Waals surface area (Å²) in [4.78, 5) is 12.2. The van der Waals surface area contributed by atoms with Gasteiger partial charge in [-0.25, -0.2) is 8.42 Å². The topological polar surface area (TPSA) is 75.7 Å². The number of amides is 1. The number of carbonyl (C=O) groups excluding carboxylic acids is 1. The zero-order valence-electron chi connectivity index (χ0n) is 17.5. The number of hydrogen-bond acceptors (Lipinski definition) is 4. The summed E-state index contributed by atoms with van der Waals surface area (Å²) in [5.41, 5.74) is -0.174. The largest absolute Gasteiger partial charge is 0.484 e. The van der Waals surface area contributed by atoms with Crippen LogP contribution in [0.2, 0.25) is 0 Å². The Bertz CT molecular complexity index is 1180. The van der Waals surface area contributed by atoms with Crippen molar-refractivity contribution < 1.29 is 31.1 Å². The Hall–Kier alpha value is -3.53. The SMILES string of the molecule is CCN(c1ccc(OCC(=O)Nc2ccc(C(F)(F)F)cc2)cc1)S(=O)(=O)c1ccccc1. The van der Waals surface area contributed by atoms with E-state index in [4.69, 9.17) is 4.74 Å². The van der Waals surface area contributed by atoms with Crippen molar-refractivity contribution in [3.63, 3.8) is 0 Å². The van der Waals surface area contributed by atoms with E-state index in [1.54, 1.807) is 37.3 Å². The van der Waals surface area contributed by atoms with Crippen molar-refractivity contribution >= 4 is 27.3 Å². The summed E-state index contributed by atoms with van der Waals surface area (Å²) in [5, 5.41) is 2.45. The van der Waals surface area contributed by atoms with Crippen molar-refractivity contribution in [2.75, 3.05) is 22.8 Å². The third-order valence-electron chi connectivity index (χ3n) is 4.61. The molecule has 0 unspecified atom stereocenters. The highest BCUT2D eigenvalue weighted by atomic mass is 32.2. The van der Waals surface area contributed by atoms with Crippen LogP contribution in [0.4, 0.5) is 24.5 Å². The molecule has 0 fully saturated rings. The highest BCUT2D eigenvalue weighted by Gasteiger charge is 2.30. The van der Waals surface area contributed by atoms with Gasteiger partial charge in [-0.05, 0) is 67.6 Å². The first kappa shape index (κ1) is 24.1. The minimum atomic E-state index is -4.45. The molecular weight excluding hydrogens is 457 g/mol. The van der Waals surface area contributed by atoms with Crippen LogP contribution in [0.5, 0.6) is 5.75 Å². The number of carbonyl (C=O) groups is 1. The highest BCUT2D eigenvalue weighted by Crippen LogP contribution is 2.30. The first-order chi connectivity index (χ1) is 15.6. The normalized spacial score (nSPS) is 11.6. The zero-order chi connectivity index (χ0) is 24.1. The maximum Gasteiger partial charge on any atom is 0.416 e. The second-order valence-electron chi connectivity index (χ2n) is 6.89. The summed E-state index contributed by atoms with van der Waals surface area (Å²) in [7, 11) is -3.73. The number of hydrogen-bond donors (Lipinski definition) is 1. The molecule has 0 aromatic heterocycles. The fourth-order valence-electron chi connectivity index (χ4n) is 3.01. The van der Waals surface area contributed by atoms with Crippen molar-refractivity contribution in [3.05, 3.63) is 84.4 Å². The van der Waals surface area contributed by atoms with Gasteiger partial charge in [0.1, 0.15) is 5.75 Å². The number of alkyl halides is 3. The third kappa shape index (κ3) is 6.04. The van der Waals surface area contributed by atoms with Gasteiger partial charge in [0.25, 0.3) is 15.9 Å². The molecule has 0 spiro atoms. The van der Waals surface area contributed by atoms with Gasteiger partial charge in [-0.2, -0.15) is 13.2 Å². The molecule has 1 N–H and O–H groups in total. The fraction of sp³-hybridized carbons (Fsp3) is 0.174. The predicted octanol–water partition coefficient (Wildman–Crippen LogP) is 4.94. The number of halogens is 3. The number of ether oxygens (including phenoxy) is 1. The zero-order valence-corrected chi connectivity index (χ0v) is 18.4. The Morgan fingerprint density at radius 1 is 0.939 bits per heavy atom. The Labute approximate surface area is 189 Å². The lowest BCUT2D eigenvalue weighted by Crippen LogP contribution is -2.30. The molecule has 1 amide bonds. The maximum absolute atomic E-state index is 12.9. The summed E-state index contributed by atoms with van der Waals surface area (Å²) >= 11 is 0. The first-order valence-electron chi connectivity index (χ1n) is 9.89. The van der Waals surface area contributed by atoms with E-state index < -0.39 is 27.7 Å². The second-order valence-corrected chi connectivity index (χ2v) is 8.75. The molecule has 0 aliphatic heterocycles. The summed E-state index contributed by atoms with van der Waals surface area (Å²) in [6.07, 6.45) is -4.45. The molecule has 33 heavy (non-hydrogen) atoms. The van der Waals surface area contributed by atoms with Crippen LogP contribution in [-0.2, 0) is 21.0 Å². The van der Waals surface area contributed by atoms with Gasteiger partial charge in [-0.15, -0.1) is 0 Å². The lowest BCUT2D eigenvalue weighted by atomic mass is 10.2. The molecule has 6 nitrogen and oxygen atoms in total. The fourth-order valence-corrected chi connectivity index (χ4v) is 4.50. The highest BCUT2D eigenvalue weighted by molar-refractivity contribution is 7.92. The number of anilines is 2. The molecule has 10 heteroatoms. The van der Waals surface area contributed by atoms with Gasteiger partial charge in [0.15, 0.2) is 6.61 Å². The minimum absolute atomic E-state index is 0.173. The van der Waals surface area contributed by atoms with Crippen molar-refractivity contribution in [1.29, 1.82) is 0 Å². The maximum atomic E-state index is 12.9. The van der Waals surface area contributed by atoms with E-state index >= 15 is 0 Å². The molecule has 0 bridgehead atoms. The quantitative estimate of drug-likeness (QED) is 0.498. The molecule has 3 aromatic rings. The molecule has 174 valence electrons. The number of benzene rings is 3. The van der Waals surface area contributed by atoms with Crippen molar-refractivity contribution in [1.82, 2.24) is 0 Å². The van der Waals surface area contributed by atoms with Crippen LogP contribution < -0.4 is 14.4 Å². The number of sulfonamides is 1. The average molecular weight is 478 g/mol. The molecule has 0 heterocycles. The van der Waals surface area contributed by atoms with Gasteiger partial charge < -0.3 is 10.1 Å². The van der Waals surface area contributed by atoms with E-state index in [0.717, 1.165) is 24.3 Å². The molecule has 3 rings (SSSR count). The molecule has 0 saturated heterocycles.